The van der Waals surface area contributed by atoms with E-state index in [9.17, 15) is 8.42 Å². The van der Waals surface area contributed by atoms with Gasteiger partial charge in [-0.05, 0) is 24.0 Å². The van der Waals surface area contributed by atoms with Gasteiger partial charge in [-0.2, -0.15) is 0 Å². The average molecular weight is 508 g/mol. The zero-order valence-electron chi connectivity index (χ0n) is 14.8. The zero-order chi connectivity index (χ0) is 17.7. The maximum absolute atomic E-state index is 11.3. The minimum absolute atomic E-state index is 0. The molecule has 1 N–H and O–H groups in total. The second-order valence-corrected chi connectivity index (χ2v) is 10.6. The zero-order valence-corrected chi connectivity index (χ0v) is 19.5. The minimum Gasteiger partial charge on any atom is -0.356 e. The van der Waals surface area contributed by atoms with Crippen molar-refractivity contribution in [1.82, 2.24) is 10.2 Å². The maximum atomic E-state index is 11.3. The number of aliphatic imine (C=N–C) groups is 1. The topological polar surface area (TPSA) is 61.8 Å². The molecule has 0 saturated heterocycles. The molecule has 0 aliphatic heterocycles. The van der Waals surface area contributed by atoms with Crippen molar-refractivity contribution in [3.8, 4) is 0 Å². The molecule has 1 heterocycles. The number of hydrogen-bond acceptors (Lipinski definition) is 4. The monoisotopic (exact) mass is 507 g/mol. The molecule has 0 spiro atoms. The highest BCUT2D eigenvalue weighted by Gasteiger charge is 2.21. The summed E-state index contributed by atoms with van der Waals surface area (Å²) in [7, 11) is 0.769. The largest absolute Gasteiger partial charge is 0.356 e. The smallest absolute Gasteiger partial charge is 0.193 e. The molecule has 1 rings (SSSR count). The Hall–Kier alpha value is -0.0600. The fourth-order valence-electron chi connectivity index (χ4n) is 2.00. The molecule has 0 aliphatic rings. The van der Waals surface area contributed by atoms with Crippen LogP contribution >= 0.6 is 46.9 Å². The van der Waals surface area contributed by atoms with Crippen molar-refractivity contribution in [2.24, 2.45) is 10.4 Å². The van der Waals surface area contributed by atoms with E-state index in [-0.39, 0.29) is 35.1 Å². The van der Waals surface area contributed by atoms with Crippen LogP contribution in [0.1, 0.15) is 25.1 Å². The van der Waals surface area contributed by atoms with Crippen LogP contribution in [0.25, 0.3) is 0 Å². The Morgan fingerprint density at radius 3 is 2.50 bits per heavy atom. The van der Waals surface area contributed by atoms with Crippen LogP contribution in [0.15, 0.2) is 17.1 Å². The van der Waals surface area contributed by atoms with Crippen LogP contribution in [0.2, 0.25) is 4.34 Å². The second kappa shape index (κ2) is 10.2. The molecule has 0 unspecified atom stereocenters. The fraction of sp³-hybridized carbons (Fsp3) is 0.667. The van der Waals surface area contributed by atoms with Crippen LogP contribution in [0, 0.1) is 5.41 Å². The van der Waals surface area contributed by atoms with Crippen LogP contribution in [-0.4, -0.2) is 51.9 Å². The Morgan fingerprint density at radius 1 is 1.42 bits per heavy atom. The van der Waals surface area contributed by atoms with Gasteiger partial charge in [-0.3, -0.25) is 4.99 Å². The number of rotatable bonds is 7. The Balaban J connectivity index is 0.00000529. The van der Waals surface area contributed by atoms with Gasteiger partial charge < -0.3 is 10.2 Å². The highest BCUT2D eigenvalue weighted by atomic mass is 127. The normalized spacial score (nSPS) is 12.7. The molecule has 0 fully saturated rings. The van der Waals surface area contributed by atoms with Crippen molar-refractivity contribution >= 4 is 62.7 Å². The summed E-state index contributed by atoms with van der Waals surface area (Å²) in [6.45, 7) is 5.49. The standard InChI is InChI=1S/C15H26ClN3O2S2.HI/c1-15(2,8-9-23(5,20)21)11-18-14(17-3)19(4)10-12-6-7-13(16)22-12;/h6-7H,8-11H2,1-5H3,(H,17,18);1H. The first-order valence-corrected chi connectivity index (χ1v) is 10.6. The molecule has 140 valence electrons. The number of nitrogens with one attached hydrogen (secondary N) is 1. The summed E-state index contributed by atoms with van der Waals surface area (Å²) < 4.78 is 23.4. The van der Waals surface area contributed by atoms with Gasteiger partial charge in [0.1, 0.15) is 9.84 Å². The fourth-order valence-corrected chi connectivity index (χ4v) is 4.06. The predicted molar refractivity (Wildman–Crippen MR) is 116 cm³/mol. The Bertz CT molecular complexity index is 645. The number of hydrogen-bond donors (Lipinski definition) is 1. The third kappa shape index (κ3) is 9.43. The molecule has 5 nitrogen and oxygen atoms in total. The Morgan fingerprint density at radius 2 is 2.04 bits per heavy atom. The summed E-state index contributed by atoms with van der Waals surface area (Å²) in [4.78, 5) is 7.47. The number of guanidine groups is 1. The predicted octanol–water partition coefficient (Wildman–Crippen LogP) is 3.49. The van der Waals surface area contributed by atoms with E-state index in [1.54, 1.807) is 18.4 Å². The van der Waals surface area contributed by atoms with E-state index in [0.717, 1.165) is 21.7 Å². The van der Waals surface area contributed by atoms with E-state index in [2.05, 4.69) is 24.2 Å². The van der Waals surface area contributed by atoms with Gasteiger partial charge in [-0.15, -0.1) is 35.3 Å². The van der Waals surface area contributed by atoms with Crippen molar-refractivity contribution in [3.05, 3.63) is 21.3 Å². The summed E-state index contributed by atoms with van der Waals surface area (Å²) in [5.74, 6) is 0.978. The SMILES string of the molecule is CN=C(NCC(C)(C)CCS(C)(=O)=O)N(C)Cc1ccc(Cl)s1.I. The lowest BCUT2D eigenvalue weighted by molar-refractivity contribution is 0.340. The van der Waals surface area contributed by atoms with E-state index < -0.39 is 9.84 Å². The molecular formula is C15H27ClIN3O2S2. The van der Waals surface area contributed by atoms with E-state index >= 15 is 0 Å². The number of halogens is 2. The average Bonchev–Trinajstić information content (AvgIpc) is 2.82. The molecule has 0 saturated carbocycles. The number of sulfone groups is 1. The van der Waals surface area contributed by atoms with Crippen molar-refractivity contribution in [1.29, 1.82) is 0 Å². The molecule has 0 aromatic carbocycles. The first-order chi connectivity index (χ1) is 10.5. The molecule has 9 heteroatoms. The molecule has 0 radical (unpaired) electrons. The first kappa shape index (κ1) is 23.9. The second-order valence-electron chi connectivity index (χ2n) is 6.51. The summed E-state index contributed by atoms with van der Waals surface area (Å²) in [6.07, 6.45) is 1.88. The van der Waals surface area contributed by atoms with Crippen LogP contribution < -0.4 is 5.32 Å². The van der Waals surface area contributed by atoms with Crippen LogP contribution in [-0.2, 0) is 16.4 Å². The Labute approximate surface area is 171 Å². The summed E-state index contributed by atoms with van der Waals surface area (Å²) in [6, 6.07) is 3.90. The molecule has 0 atom stereocenters. The van der Waals surface area contributed by atoms with Crippen LogP contribution in [0.4, 0.5) is 0 Å². The van der Waals surface area contributed by atoms with Gasteiger partial charge in [0.2, 0.25) is 0 Å². The molecule has 0 aliphatic carbocycles. The van der Waals surface area contributed by atoms with Gasteiger partial charge in [0, 0.05) is 31.8 Å². The lowest BCUT2D eigenvalue weighted by atomic mass is 9.90. The van der Waals surface area contributed by atoms with Crippen molar-refractivity contribution in [2.45, 2.75) is 26.8 Å². The van der Waals surface area contributed by atoms with Crippen molar-refractivity contribution in [3.63, 3.8) is 0 Å². The highest BCUT2D eigenvalue weighted by molar-refractivity contribution is 14.0. The first-order valence-electron chi connectivity index (χ1n) is 7.36. The van der Waals surface area contributed by atoms with Gasteiger partial charge in [0.05, 0.1) is 16.6 Å². The number of nitrogens with zero attached hydrogens (tertiary/aromatic N) is 2. The number of thiophene rings is 1. The molecule has 0 amide bonds. The van der Waals surface area contributed by atoms with Gasteiger partial charge >= 0.3 is 0 Å². The van der Waals surface area contributed by atoms with E-state index in [1.165, 1.54) is 6.26 Å². The highest BCUT2D eigenvalue weighted by Crippen LogP contribution is 2.23. The van der Waals surface area contributed by atoms with Crippen LogP contribution in [0.5, 0.6) is 0 Å². The lowest BCUT2D eigenvalue weighted by Crippen LogP contribution is -2.43. The lowest BCUT2D eigenvalue weighted by Gasteiger charge is -2.28. The molecular weight excluding hydrogens is 481 g/mol. The van der Waals surface area contributed by atoms with Crippen molar-refractivity contribution < 1.29 is 8.42 Å². The molecule has 0 bridgehead atoms. The third-order valence-electron chi connectivity index (χ3n) is 3.47. The van der Waals surface area contributed by atoms with Gasteiger partial charge in [-0.25, -0.2) is 8.42 Å². The summed E-state index contributed by atoms with van der Waals surface area (Å²) in [5.41, 5.74) is -0.133. The molecule has 1 aromatic heterocycles. The quantitative estimate of drug-likeness (QED) is 0.349. The van der Waals surface area contributed by atoms with E-state index in [4.69, 9.17) is 11.6 Å². The van der Waals surface area contributed by atoms with Gasteiger partial charge in [0.15, 0.2) is 5.96 Å². The Kier molecular flexibility index (Phi) is 10.2. The third-order valence-corrected chi connectivity index (χ3v) is 5.63. The van der Waals surface area contributed by atoms with E-state index in [0.29, 0.717) is 13.0 Å². The molecule has 24 heavy (non-hydrogen) atoms. The van der Waals surface area contributed by atoms with Gasteiger partial charge in [0.25, 0.3) is 0 Å². The molecule has 1 aromatic rings. The van der Waals surface area contributed by atoms with Gasteiger partial charge in [-0.1, -0.05) is 25.4 Å². The summed E-state index contributed by atoms with van der Waals surface area (Å²) >= 11 is 7.51. The minimum atomic E-state index is -2.94. The van der Waals surface area contributed by atoms with Crippen molar-refractivity contribution in [2.75, 3.05) is 32.6 Å². The van der Waals surface area contributed by atoms with E-state index in [1.807, 2.05) is 24.1 Å². The summed E-state index contributed by atoms with van der Waals surface area (Å²) in [5, 5.41) is 3.33. The maximum Gasteiger partial charge on any atom is 0.193 e. The van der Waals surface area contributed by atoms with Crippen LogP contribution in [0.3, 0.4) is 0 Å².